The lowest BCUT2D eigenvalue weighted by Gasteiger charge is -2.09. The van der Waals surface area contributed by atoms with Crippen molar-refractivity contribution in [3.8, 4) is 17.0 Å². The molecule has 2 rings (SSSR count). The van der Waals surface area contributed by atoms with Crippen molar-refractivity contribution in [2.75, 3.05) is 7.11 Å². The average molecular weight is 247 g/mol. The molecule has 1 heterocycles. The number of hydrogen-bond donors (Lipinski definition) is 1. The predicted octanol–water partition coefficient (Wildman–Crippen LogP) is 2.04. The predicted molar refractivity (Wildman–Crippen MR) is 64.8 cm³/mol. The Bertz CT molecular complexity index is 578. The van der Waals surface area contributed by atoms with Gasteiger partial charge in [-0.15, -0.1) is 9.78 Å². The fourth-order valence-corrected chi connectivity index (χ4v) is 1.77. The molecule has 1 aromatic heterocycles. The second-order valence-corrected chi connectivity index (χ2v) is 3.69. The summed E-state index contributed by atoms with van der Waals surface area (Å²) in [5.74, 6) is 0.730. The van der Waals surface area contributed by atoms with Gasteiger partial charge in [-0.3, -0.25) is 0 Å². The van der Waals surface area contributed by atoms with Gasteiger partial charge in [-0.2, -0.15) is 0 Å². The Morgan fingerprint density at radius 1 is 1.50 bits per heavy atom. The quantitative estimate of drug-likeness (QED) is 0.898. The monoisotopic (exact) mass is 247 g/mol. The van der Waals surface area contributed by atoms with Gasteiger partial charge in [0, 0.05) is 5.56 Å². The molecule has 6 nitrogen and oxygen atoms in total. The van der Waals surface area contributed by atoms with Gasteiger partial charge < -0.3 is 9.84 Å². The molecule has 0 saturated heterocycles. The molecule has 2 aromatic rings. The van der Waals surface area contributed by atoms with Gasteiger partial charge in [-0.1, -0.05) is 24.3 Å². The van der Waals surface area contributed by atoms with E-state index >= 15 is 0 Å². The molecule has 18 heavy (non-hydrogen) atoms. The van der Waals surface area contributed by atoms with Crippen LogP contribution < -0.4 is 4.74 Å². The molecule has 1 N–H and O–H groups in total. The van der Waals surface area contributed by atoms with Crippen LogP contribution in [-0.4, -0.2) is 33.3 Å². The van der Waals surface area contributed by atoms with Crippen LogP contribution in [0.15, 0.2) is 24.4 Å². The summed E-state index contributed by atoms with van der Waals surface area (Å²) >= 11 is 0. The molecule has 0 aliphatic carbocycles. The standard InChI is InChI=1S/C12H13N3O3/c1-3-8-4-5-9(6-11(8)18-2)10-7-13-14-15(10)12(16)17/h4-7H,3H2,1-2H3,(H,16,17). The second kappa shape index (κ2) is 4.87. The minimum Gasteiger partial charge on any atom is -0.496 e. The third-order valence-corrected chi connectivity index (χ3v) is 2.69. The van der Waals surface area contributed by atoms with Crippen LogP contribution in [0.1, 0.15) is 12.5 Å². The Balaban J connectivity index is 2.51. The van der Waals surface area contributed by atoms with Crippen LogP contribution >= 0.6 is 0 Å². The lowest BCUT2D eigenvalue weighted by molar-refractivity contribution is 0.192. The van der Waals surface area contributed by atoms with Crippen LogP contribution in [0.3, 0.4) is 0 Å². The molecule has 1 aromatic carbocycles. The molecular weight excluding hydrogens is 234 g/mol. The Morgan fingerprint density at radius 2 is 2.28 bits per heavy atom. The Kier molecular flexibility index (Phi) is 3.27. The van der Waals surface area contributed by atoms with E-state index in [-0.39, 0.29) is 0 Å². The SMILES string of the molecule is CCc1ccc(-c2cnnn2C(=O)O)cc1OC. The second-order valence-electron chi connectivity index (χ2n) is 3.69. The summed E-state index contributed by atoms with van der Waals surface area (Å²) in [6.45, 7) is 2.03. The van der Waals surface area contributed by atoms with E-state index in [1.165, 1.54) is 6.20 Å². The normalized spacial score (nSPS) is 10.3. The Labute approximate surface area is 104 Å². The molecule has 0 bridgehead atoms. The molecule has 0 aliphatic rings. The molecule has 0 saturated carbocycles. The van der Waals surface area contributed by atoms with Crippen LogP contribution in [0.4, 0.5) is 4.79 Å². The number of rotatable bonds is 3. The maximum Gasteiger partial charge on any atom is 0.434 e. The van der Waals surface area contributed by atoms with Gasteiger partial charge >= 0.3 is 6.09 Å². The first-order valence-corrected chi connectivity index (χ1v) is 5.48. The lowest BCUT2D eigenvalue weighted by atomic mass is 10.1. The highest BCUT2D eigenvalue weighted by Gasteiger charge is 2.13. The summed E-state index contributed by atoms with van der Waals surface area (Å²) in [7, 11) is 1.59. The average Bonchev–Trinajstić information content (AvgIpc) is 2.87. The third-order valence-electron chi connectivity index (χ3n) is 2.69. The summed E-state index contributed by atoms with van der Waals surface area (Å²) < 4.78 is 6.11. The van der Waals surface area contributed by atoms with Crippen LogP contribution in [0, 0.1) is 0 Å². The minimum atomic E-state index is -1.17. The van der Waals surface area contributed by atoms with Gasteiger partial charge in [0.2, 0.25) is 0 Å². The van der Waals surface area contributed by atoms with E-state index < -0.39 is 6.09 Å². The number of carbonyl (C=O) groups is 1. The van der Waals surface area contributed by atoms with Crippen molar-refractivity contribution in [2.24, 2.45) is 0 Å². The van der Waals surface area contributed by atoms with Crippen LogP contribution in [0.5, 0.6) is 5.75 Å². The first-order chi connectivity index (χ1) is 8.67. The van der Waals surface area contributed by atoms with E-state index in [4.69, 9.17) is 9.84 Å². The fraction of sp³-hybridized carbons (Fsp3) is 0.250. The molecule has 0 unspecified atom stereocenters. The van der Waals surface area contributed by atoms with Gasteiger partial charge in [0.25, 0.3) is 0 Å². The molecule has 0 amide bonds. The van der Waals surface area contributed by atoms with Crippen molar-refractivity contribution in [1.82, 2.24) is 15.0 Å². The number of benzene rings is 1. The zero-order valence-electron chi connectivity index (χ0n) is 10.1. The van der Waals surface area contributed by atoms with Crippen molar-refractivity contribution in [3.05, 3.63) is 30.0 Å². The number of ether oxygens (including phenoxy) is 1. The van der Waals surface area contributed by atoms with Crippen molar-refractivity contribution in [2.45, 2.75) is 13.3 Å². The van der Waals surface area contributed by atoms with Crippen molar-refractivity contribution in [3.63, 3.8) is 0 Å². The van der Waals surface area contributed by atoms with Gasteiger partial charge in [-0.25, -0.2) is 4.79 Å². The first kappa shape index (κ1) is 12.1. The smallest absolute Gasteiger partial charge is 0.434 e. The molecule has 0 aliphatic heterocycles. The fourth-order valence-electron chi connectivity index (χ4n) is 1.77. The number of aromatic nitrogens is 3. The van der Waals surface area contributed by atoms with E-state index in [9.17, 15) is 4.79 Å². The van der Waals surface area contributed by atoms with Crippen LogP contribution in [0.2, 0.25) is 0 Å². The zero-order valence-corrected chi connectivity index (χ0v) is 10.1. The van der Waals surface area contributed by atoms with Gasteiger partial charge in [0.05, 0.1) is 13.3 Å². The van der Waals surface area contributed by atoms with Gasteiger partial charge in [-0.05, 0) is 18.1 Å². The molecule has 0 spiro atoms. The minimum absolute atomic E-state index is 0.420. The van der Waals surface area contributed by atoms with E-state index in [1.807, 2.05) is 19.1 Å². The lowest BCUT2D eigenvalue weighted by Crippen LogP contribution is -2.11. The number of carboxylic acid groups (broad SMARTS) is 1. The first-order valence-electron chi connectivity index (χ1n) is 5.48. The summed E-state index contributed by atoms with van der Waals surface area (Å²) in [4.78, 5) is 11.0. The van der Waals surface area contributed by atoms with E-state index in [2.05, 4.69) is 10.3 Å². The third kappa shape index (κ3) is 2.04. The maximum atomic E-state index is 11.0. The zero-order chi connectivity index (χ0) is 13.1. The van der Waals surface area contributed by atoms with Gasteiger partial charge in [0.1, 0.15) is 11.4 Å². The van der Waals surface area contributed by atoms with E-state index in [0.717, 1.165) is 22.4 Å². The molecule has 6 heteroatoms. The van der Waals surface area contributed by atoms with E-state index in [1.54, 1.807) is 13.2 Å². The highest BCUT2D eigenvalue weighted by Crippen LogP contribution is 2.27. The van der Waals surface area contributed by atoms with Gasteiger partial charge in [0.15, 0.2) is 0 Å². The Hall–Kier alpha value is -2.37. The van der Waals surface area contributed by atoms with Crippen LogP contribution in [0.25, 0.3) is 11.3 Å². The summed E-state index contributed by atoms with van der Waals surface area (Å²) in [6, 6.07) is 5.53. The van der Waals surface area contributed by atoms with Crippen molar-refractivity contribution in [1.29, 1.82) is 0 Å². The number of aryl methyl sites for hydroxylation is 1. The van der Waals surface area contributed by atoms with Crippen molar-refractivity contribution >= 4 is 6.09 Å². The highest BCUT2D eigenvalue weighted by molar-refractivity contribution is 5.75. The molecule has 94 valence electrons. The van der Waals surface area contributed by atoms with Crippen molar-refractivity contribution < 1.29 is 14.6 Å². The van der Waals surface area contributed by atoms with Crippen LogP contribution in [-0.2, 0) is 6.42 Å². The topological polar surface area (TPSA) is 77.2 Å². The Morgan fingerprint density at radius 3 is 2.89 bits per heavy atom. The summed E-state index contributed by atoms with van der Waals surface area (Å²) in [5.41, 5.74) is 2.19. The molecule has 0 radical (unpaired) electrons. The number of nitrogens with zero attached hydrogens (tertiary/aromatic N) is 3. The molecule has 0 atom stereocenters. The number of hydrogen-bond acceptors (Lipinski definition) is 4. The summed E-state index contributed by atoms with van der Waals surface area (Å²) in [5, 5.41) is 16.1. The number of methoxy groups -OCH3 is 1. The molecule has 0 fully saturated rings. The molecular formula is C12H13N3O3. The summed E-state index contributed by atoms with van der Waals surface area (Å²) in [6.07, 6.45) is 1.09. The maximum absolute atomic E-state index is 11.0. The highest BCUT2D eigenvalue weighted by atomic mass is 16.5. The van der Waals surface area contributed by atoms with E-state index in [0.29, 0.717) is 11.3 Å². The largest absolute Gasteiger partial charge is 0.496 e.